The summed E-state index contributed by atoms with van der Waals surface area (Å²) in [5, 5.41) is 6.49. The van der Waals surface area contributed by atoms with Crippen LogP contribution < -0.4 is 5.14 Å². The molecule has 0 saturated heterocycles. The second kappa shape index (κ2) is 4.52. The van der Waals surface area contributed by atoms with Crippen molar-refractivity contribution in [3.05, 3.63) is 15.8 Å². The lowest BCUT2D eigenvalue weighted by Crippen LogP contribution is -2.18. The van der Waals surface area contributed by atoms with Crippen LogP contribution in [0.5, 0.6) is 0 Å². The Labute approximate surface area is 98.3 Å². The molecule has 16 heavy (non-hydrogen) atoms. The molecule has 0 fully saturated rings. The molecule has 0 bridgehead atoms. The Balaban J connectivity index is 3.22. The molecule has 0 aliphatic rings. The molecule has 5 nitrogen and oxygen atoms in total. The van der Waals surface area contributed by atoms with Gasteiger partial charge in [-0.15, -0.1) is 11.3 Å². The van der Waals surface area contributed by atoms with Gasteiger partial charge in [-0.3, -0.25) is 0 Å². The molecule has 0 amide bonds. The van der Waals surface area contributed by atoms with Gasteiger partial charge in [-0.1, -0.05) is 0 Å². The lowest BCUT2D eigenvalue weighted by Gasteiger charge is -2.08. The molecule has 0 atom stereocenters. The van der Waals surface area contributed by atoms with Gasteiger partial charge >= 0.3 is 5.97 Å². The fourth-order valence-electron chi connectivity index (χ4n) is 1.22. The number of thiophene rings is 1. The summed E-state index contributed by atoms with van der Waals surface area (Å²) in [6, 6.07) is 0. The molecule has 1 aromatic rings. The maximum absolute atomic E-state index is 11.6. The van der Waals surface area contributed by atoms with Gasteiger partial charge < -0.3 is 4.74 Å². The zero-order valence-electron chi connectivity index (χ0n) is 9.18. The molecule has 0 aliphatic heterocycles. The molecule has 90 valence electrons. The number of primary sulfonamides is 1. The van der Waals surface area contributed by atoms with E-state index in [1.165, 1.54) is 5.38 Å². The quantitative estimate of drug-likeness (QED) is 0.832. The Kier molecular flexibility index (Phi) is 3.72. The first-order valence-electron chi connectivity index (χ1n) is 4.55. The van der Waals surface area contributed by atoms with Crippen molar-refractivity contribution in [2.75, 3.05) is 0 Å². The van der Waals surface area contributed by atoms with Crippen molar-refractivity contribution in [1.82, 2.24) is 0 Å². The van der Waals surface area contributed by atoms with E-state index in [9.17, 15) is 13.2 Å². The summed E-state index contributed by atoms with van der Waals surface area (Å²) in [6.45, 7) is 4.97. The number of carbonyl (C=O) groups excluding carboxylic acids is 1. The molecule has 0 radical (unpaired) electrons. The molecule has 0 saturated carbocycles. The highest BCUT2D eigenvalue weighted by atomic mass is 32.2. The van der Waals surface area contributed by atoms with Crippen molar-refractivity contribution in [3.8, 4) is 0 Å². The Morgan fingerprint density at radius 3 is 2.50 bits per heavy atom. The summed E-state index contributed by atoms with van der Waals surface area (Å²) in [4.78, 5) is 11.9. The molecular weight excluding hydrogens is 250 g/mol. The number of carbonyl (C=O) groups is 1. The Morgan fingerprint density at radius 2 is 2.06 bits per heavy atom. The average molecular weight is 263 g/mol. The molecular formula is C9H13NO4S2. The third-order valence-corrected chi connectivity index (χ3v) is 3.90. The second-order valence-electron chi connectivity index (χ2n) is 3.53. The van der Waals surface area contributed by atoms with E-state index in [-0.39, 0.29) is 16.6 Å². The lowest BCUT2D eigenvalue weighted by molar-refractivity contribution is 0.0374. The average Bonchev–Trinajstić information content (AvgIpc) is 2.44. The summed E-state index contributed by atoms with van der Waals surface area (Å²) in [5.74, 6) is -0.664. The van der Waals surface area contributed by atoms with E-state index < -0.39 is 16.0 Å². The minimum absolute atomic E-state index is 0.0127. The van der Waals surface area contributed by atoms with Crippen LogP contribution in [0.2, 0.25) is 0 Å². The van der Waals surface area contributed by atoms with E-state index in [2.05, 4.69) is 0 Å². The van der Waals surface area contributed by atoms with Crippen molar-refractivity contribution in [2.24, 2.45) is 5.14 Å². The highest BCUT2D eigenvalue weighted by Gasteiger charge is 2.25. The van der Waals surface area contributed by atoms with Crippen LogP contribution in [0.3, 0.4) is 0 Å². The number of nitrogens with two attached hydrogens (primary N) is 1. The third kappa shape index (κ3) is 2.81. The summed E-state index contributed by atoms with van der Waals surface area (Å²) >= 11 is 1.15. The topological polar surface area (TPSA) is 86.5 Å². The van der Waals surface area contributed by atoms with E-state index in [1.807, 2.05) is 0 Å². The van der Waals surface area contributed by atoms with Crippen molar-refractivity contribution >= 4 is 27.3 Å². The second-order valence-corrected chi connectivity index (χ2v) is 6.12. The maximum Gasteiger partial charge on any atom is 0.340 e. The zero-order chi connectivity index (χ0) is 12.5. The van der Waals surface area contributed by atoms with E-state index in [4.69, 9.17) is 9.88 Å². The zero-order valence-corrected chi connectivity index (χ0v) is 10.8. The van der Waals surface area contributed by atoms with Gasteiger partial charge in [-0.2, -0.15) is 0 Å². The van der Waals surface area contributed by atoms with Crippen LogP contribution in [-0.4, -0.2) is 20.5 Å². The fraction of sp³-hybridized carbons (Fsp3) is 0.444. The first-order chi connectivity index (χ1) is 7.23. The predicted octanol–water partition coefficient (Wildman–Crippen LogP) is 1.27. The van der Waals surface area contributed by atoms with Crippen LogP contribution in [0.15, 0.2) is 10.3 Å². The van der Waals surface area contributed by atoms with E-state index in [1.54, 1.807) is 20.8 Å². The van der Waals surface area contributed by atoms with E-state index >= 15 is 0 Å². The molecule has 1 aromatic heterocycles. The van der Waals surface area contributed by atoms with Gasteiger partial charge in [0, 0.05) is 10.3 Å². The third-order valence-electron chi connectivity index (χ3n) is 1.77. The number of sulfonamides is 1. The van der Waals surface area contributed by atoms with Crippen molar-refractivity contribution in [2.45, 2.75) is 31.8 Å². The number of rotatable bonds is 3. The SMILES string of the molecule is Cc1scc(C(=O)OC(C)C)c1S(N)(=O)=O. The largest absolute Gasteiger partial charge is 0.459 e. The van der Waals surface area contributed by atoms with Gasteiger partial charge in [0.05, 0.1) is 11.7 Å². The van der Waals surface area contributed by atoms with Crippen molar-refractivity contribution < 1.29 is 17.9 Å². The number of aryl methyl sites for hydroxylation is 1. The van der Waals surface area contributed by atoms with Crippen LogP contribution in [0, 0.1) is 6.92 Å². The summed E-state index contributed by atoms with van der Waals surface area (Å²) in [6.07, 6.45) is -0.305. The maximum atomic E-state index is 11.6. The van der Waals surface area contributed by atoms with Crippen LogP contribution in [0.1, 0.15) is 29.1 Å². The van der Waals surface area contributed by atoms with Crippen LogP contribution >= 0.6 is 11.3 Å². The van der Waals surface area contributed by atoms with Crippen molar-refractivity contribution in [3.63, 3.8) is 0 Å². The standard InChI is InChI=1S/C9H13NO4S2/c1-5(2)14-9(11)7-4-15-6(3)8(7)16(10,12)13/h4-5H,1-3H3,(H2,10,12,13). The predicted molar refractivity (Wildman–Crippen MR) is 61.0 cm³/mol. The van der Waals surface area contributed by atoms with Gasteiger partial charge in [0.2, 0.25) is 10.0 Å². The van der Waals surface area contributed by atoms with Gasteiger partial charge in [0.25, 0.3) is 0 Å². The summed E-state index contributed by atoms with van der Waals surface area (Å²) in [7, 11) is -3.89. The van der Waals surface area contributed by atoms with Gasteiger partial charge in [0.1, 0.15) is 4.90 Å². The number of esters is 1. The fourth-order valence-corrected chi connectivity index (χ4v) is 3.36. The molecule has 7 heteroatoms. The molecule has 0 aromatic carbocycles. The van der Waals surface area contributed by atoms with Crippen LogP contribution in [0.25, 0.3) is 0 Å². The molecule has 1 heterocycles. The summed E-state index contributed by atoms with van der Waals surface area (Å²) in [5.41, 5.74) is 0.0127. The number of ether oxygens (including phenoxy) is 1. The Bertz CT molecular complexity index is 502. The monoisotopic (exact) mass is 263 g/mol. The highest BCUT2D eigenvalue weighted by Crippen LogP contribution is 2.26. The van der Waals surface area contributed by atoms with Crippen LogP contribution in [0.4, 0.5) is 0 Å². The van der Waals surface area contributed by atoms with E-state index in [0.717, 1.165) is 11.3 Å². The Hall–Kier alpha value is -0.920. The number of hydrogen-bond acceptors (Lipinski definition) is 5. The summed E-state index contributed by atoms with van der Waals surface area (Å²) < 4.78 is 27.5. The normalized spacial score (nSPS) is 11.8. The first-order valence-corrected chi connectivity index (χ1v) is 6.98. The Morgan fingerprint density at radius 1 is 1.50 bits per heavy atom. The molecule has 0 spiro atoms. The first kappa shape index (κ1) is 13.1. The molecule has 1 rings (SSSR count). The molecule has 0 unspecified atom stereocenters. The highest BCUT2D eigenvalue weighted by molar-refractivity contribution is 7.89. The lowest BCUT2D eigenvalue weighted by atomic mass is 10.3. The van der Waals surface area contributed by atoms with Gasteiger partial charge in [0.15, 0.2) is 0 Å². The van der Waals surface area contributed by atoms with Gasteiger partial charge in [-0.25, -0.2) is 18.4 Å². The molecule has 2 N–H and O–H groups in total. The van der Waals surface area contributed by atoms with Gasteiger partial charge in [-0.05, 0) is 20.8 Å². The molecule has 0 aliphatic carbocycles. The van der Waals surface area contributed by atoms with Crippen molar-refractivity contribution in [1.29, 1.82) is 0 Å². The minimum atomic E-state index is -3.89. The van der Waals surface area contributed by atoms with E-state index in [0.29, 0.717) is 4.88 Å². The smallest absolute Gasteiger partial charge is 0.340 e. The minimum Gasteiger partial charge on any atom is -0.459 e. The van der Waals surface area contributed by atoms with Crippen LogP contribution in [-0.2, 0) is 14.8 Å². The number of hydrogen-bond donors (Lipinski definition) is 1.